The second-order valence-electron chi connectivity index (χ2n) is 4.59. The molecule has 0 unspecified atom stereocenters. The number of nitrogens with zero attached hydrogens (tertiary/aromatic N) is 1. The summed E-state index contributed by atoms with van der Waals surface area (Å²) in [5, 5.41) is 14.0. The molecular weight excluding hydrogens is 204 g/mol. The van der Waals surface area contributed by atoms with Crippen molar-refractivity contribution in [3.63, 3.8) is 0 Å². The number of aryl methyl sites for hydroxylation is 1. The smallest absolute Gasteiger partial charge is 0.272 e. The van der Waals surface area contributed by atoms with Crippen LogP contribution in [0, 0.1) is 17.0 Å². The van der Waals surface area contributed by atoms with Crippen LogP contribution in [-0.4, -0.2) is 17.5 Å². The summed E-state index contributed by atoms with van der Waals surface area (Å²) in [5.74, 6) is 0. The van der Waals surface area contributed by atoms with Gasteiger partial charge in [-0.05, 0) is 44.9 Å². The molecule has 0 aromatic heterocycles. The van der Waals surface area contributed by atoms with Crippen molar-refractivity contribution in [1.82, 2.24) is 5.32 Å². The molecule has 1 aromatic carbocycles. The number of nitro groups is 1. The summed E-state index contributed by atoms with van der Waals surface area (Å²) >= 11 is 0. The molecule has 0 atom stereocenters. The normalized spacial score (nSPS) is 17.1. The van der Waals surface area contributed by atoms with E-state index >= 15 is 0 Å². The lowest BCUT2D eigenvalue weighted by molar-refractivity contribution is -0.385. The topological polar surface area (TPSA) is 55.2 Å². The molecule has 86 valence electrons. The lowest BCUT2D eigenvalue weighted by atomic mass is 10.0. The molecule has 0 spiro atoms. The third kappa shape index (κ3) is 2.07. The monoisotopic (exact) mass is 220 g/mol. The minimum Gasteiger partial charge on any atom is -0.314 e. The number of benzene rings is 1. The Bertz CT molecular complexity index is 425. The van der Waals surface area contributed by atoms with Crippen molar-refractivity contribution in [3.05, 3.63) is 39.4 Å². The van der Waals surface area contributed by atoms with E-state index in [1.54, 1.807) is 13.0 Å². The Labute approximate surface area is 94.8 Å². The van der Waals surface area contributed by atoms with Crippen LogP contribution in [0.25, 0.3) is 0 Å². The highest BCUT2D eigenvalue weighted by atomic mass is 16.6. The van der Waals surface area contributed by atoms with Crippen LogP contribution in [0.15, 0.2) is 18.2 Å². The van der Waals surface area contributed by atoms with Crippen LogP contribution in [-0.2, 0) is 6.42 Å². The van der Waals surface area contributed by atoms with Gasteiger partial charge in [-0.2, -0.15) is 0 Å². The fraction of sp³-hybridized carbons (Fsp3) is 0.500. The predicted molar refractivity (Wildman–Crippen MR) is 62.6 cm³/mol. The van der Waals surface area contributed by atoms with Gasteiger partial charge in [0.1, 0.15) is 0 Å². The second kappa shape index (κ2) is 3.87. The highest BCUT2D eigenvalue weighted by molar-refractivity contribution is 5.42. The zero-order chi connectivity index (χ0) is 11.8. The Hall–Kier alpha value is -1.42. The van der Waals surface area contributed by atoms with E-state index < -0.39 is 0 Å². The summed E-state index contributed by atoms with van der Waals surface area (Å²) in [4.78, 5) is 10.4. The van der Waals surface area contributed by atoms with Crippen LogP contribution in [0.3, 0.4) is 0 Å². The molecule has 2 rings (SSSR count). The Morgan fingerprint density at radius 2 is 2.19 bits per heavy atom. The van der Waals surface area contributed by atoms with E-state index in [-0.39, 0.29) is 16.1 Å². The number of hydrogen-bond donors (Lipinski definition) is 1. The first-order valence-corrected chi connectivity index (χ1v) is 5.49. The fourth-order valence-electron chi connectivity index (χ4n) is 2.09. The van der Waals surface area contributed by atoms with E-state index in [4.69, 9.17) is 0 Å². The van der Waals surface area contributed by atoms with Gasteiger partial charge in [0.2, 0.25) is 0 Å². The van der Waals surface area contributed by atoms with Crippen LogP contribution in [0.1, 0.15) is 24.0 Å². The number of likely N-dealkylation sites (N-methyl/N-ethyl adjacent to an activating group) is 1. The fourth-order valence-corrected chi connectivity index (χ4v) is 2.09. The van der Waals surface area contributed by atoms with Crippen molar-refractivity contribution >= 4 is 5.69 Å². The van der Waals surface area contributed by atoms with Gasteiger partial charge in [-0.3, -0.25) is 10.1 Å². The molecule has 4 heteroatoms. The van der Waals surface area contributed by atoms with Gasteiger partial charge in [0.25, 0.3) is 5.69 Å². The standard InChI is InChI=1S/C12H16N2O2/c1-9-7-10(3-4-11(9)14(15)16)8-12(13-2)5-6-12/h3-4,7,13H,5-6,8H2,1-2H3. The molecule has 1 fully saturated rings. The van der Waals surface area contributed by atoms with Crippen LogP contribution < -0.4 is 5.32 Å². The Kier molecular flexibility index (Phi) is 2.68. The van der Waals surface area contributed by atoms with Gasteiger partial charge in [-0.25, -0.2) is 0 Å². The highest BCUT2D eigenvalue weighted by Crippen LogP contribution is 2.38. The van der Waals surface area contributed by atoms with Crippen molar-refractivity contribution in [1.29, 1.82) is 0 Å². The molecule has 0 aliphatic heterocycles. The maximum absolute atomic E-state index is 10.7. The van der Waals surface area contributed by atoms with E-state index in [1.165, 1.54) is 18.4 Å². The third-order valence-corrected chi connectivity index (χ3v) is 3.38. The van der Waals surface area contributed by atoms with Gasteiger partial charge >= 0.3 is 0 Å². The van der Waals surface area contributed by atoms with Crippen LogP contribution >= 0.6 is 0 Å². The molecule has 1 aliphatic rings. The Morgan fingerprint density at radius 1 is 1.50 bits per heavy atom. The summed E-state index contributed by atoms with van der Waals surface area (Å²) in [6, 6.07) is 5.40. The van der Waals surface area contributed by atoms with Crippen molar-refractivity contribution in [2.45, 2.75) is 31.7 Å². The van der Waals surface area contributed by atoms with Gasteiger partial charge in [-0.15, -0.1) is 0 Å². The Balaban J connectivity index is 2.18. The van der Waals surface area contributed by atoms with Crippen molar-refractivity contribution in [2.24, 2.45) is 0 Å². The SMILES string of the molecule is CNC1(Cc2ccc([N+](=O)[O-])c(C)c2)CC1. The van der Waals surface area contributed by atoms with Crippen molar-refractivity contribution in [3.8, 4) is 0 Å². The molecule has 4 nitrogen and oxygen atoms in total. The quantitative estimate of drug-likeness (QED) is 0.625. The van der Waals surface area contributed by atoms with Gasteiger partial charge in [0, 0.05) is 17.2 Å². The number of hydrogen-bond acceptors (Lipinski definition) is 3. The molecule has 0 heterocycles. The lowest BCUT2D eigenvalue weighted by Gasteiger charge is -2.14. The molecule has 0 bridgehead atoms. The van der Waals surface area contributed by atoms with E-state index in [2.05, 4.69) is 5.32 Å². The maximum Gasteiger partial charge on any atom is 0.272 e. The maximum atomic E-state index is 10.7. The van der Waals surface area contributed by atoms with Gasteiger partial charge < -0.3 is 5.32 Å². The van der Waals surface area contributed by atoms with E-state index in [9.17, 15) is 10.1 Å². The van der Waals surface area contributed by atoms with Gasteiger partial charge in [0.15, 0.2) is 0 Å². The highest BCUT2D eigenvalue weighted by Gasteiger charge is 2.40. The second-order valence-corrected chi connectivity index (χ2v) is 4.59. The zero-order valence-electron chi connectivity index (χ0n) is 9.62. The van der Waals surface area contributed by atoms with E-state index in [0.29, 0.717) is 0 Å². The molecule has 1 N–H and O–H groups in total. The summed E-state index contributed by atoms with van der Waals surface area (Å²) < 4.78 is 0. The number of nitrogens with one attached hydrogen (secondary N) is 1. The summed E-state index contributed by atoms with van der Waals surface area (Å²) in [6.07, 6.45) is 3.35. The summed E-state index contributed by atoms with van der Waals surface area (Å²) in [7, 11) is 1.98. The summed E-state index contributed by atoms with van der Waals surface area (Å²) in [5.41, 5.74) is 2.38. The number of nitro benzene ring substituents is 1. The molecule has 0 amide bonds. The molecule has 0 radical (unpaired) electrons. The van der Waals surface area contributed by atoms with E-state index in [1.807, 2.05) is 19.2 Å². The summed E-state index contributed by atoms with van der Waals surface area (Å²) in [6.45, 7) is 1.79. The predicted octanol–water partition coefficient (Wildman–Crippen LogP) is 2.20. The first kappa shape index (κ1) is 11.1. The first-order valence-electron chi connectivity index (χ1n) is 5.49. The van der Waals surface area contributed by atoms with Crippen molar-refractivity contribution in [2.75, 3.05) is 7.05 Å². The molecule has 1 aromatic rings. The van der Waals surface area contributed by atoms with Crippen LogP contribution in [0.4, 0.5) is 5.69 Å². The zero-order valence-corrected chi connectivity index (χ0v) is 9.62. The minimum atomic E-state index is -0.329. The average molecular weight is 220 g/mol. The molecular formula is C12H16N2O2. The molecule has 1 saturated carbocycles. The Morgan fingerprint density at radius 3 is 2.62 bits per heavy atom. The average Bonchev–Trinajstić information content (AvgIpc) is 2.98. The molecule has 0 saturated heterocycles. The lowest BCUT2D eigenvalue weighted by Crippen LogP contribution is -2.29. The van der Waals surface area contributed by atoms with Gasteiger partial charge in [0.05, 0.1) is 4.92 Å². The van der Waals surface area contributed by atoms with Crippen molar-refractivity contribution < 1.29 is 4.92 Å². The van der Waals surface area contributed by atoms with Crippen LogP contribution in [0.5, 0.6) is 0 Å². The largest absolute Gasteiger partial charge is 0.314 e. The van der Waals surface area contributed by atoms with Gasteiger partial charge in [-0.1, -0.05) is 6.07 Å². The third-order valence-electron chi connectivity index (χ3n) is 3.38. The molecule has 1 aliphatic carbocycles. The first-order chi connectivity index (χ1) is 7.56. The minimum absolute atomic E-state index is 0.207. The van der Waals surface area contributed by atoms with E-state index in [0.717, 1.165) is 12.0 Å². The molecule has 16 heavy (non-hydrogen) atoms. The van der Waals surface area contributed by atoms with Crippen LogP contribution in [0.2, 0.25) is 0 Å². The number of rotatable bonds is 4.